The molecule has 10 nitrogen and oxygen atoms in total. The van der Waals surface area contributed by atoms with Crippen molar-refractivity contribution in [3.8, 4) is 11.5 Å². The molecule has 0 bridgehead atoms. The zero-order valence-electron chi connectivity index (χ0n) is 14.9. The molecule has 0 fully saturated rings. The lowest BCUT2D eigenvalue weighted by Crippen LogP contribution is -2.40. The van der Waals surface area contributed by atoms with Gasteiger partial charge in [-0.3, -0.25) is 10.2 Å². The number of para-hydroxylation sites is 1. The average Bonchev–Trinajstić information content (AvgIpc) is 2.95. The highest BCUT2D eigenvalue weighted by Crippen LogP contribution is 2.39. The number of nitrogens with zero attached hydrogens (tertiary/aromatic N) is 1. The number of aromatic hydroxyl groups is 1. The predicted molar refractivity (Wildman–Crippen MR) is 101 cm³/mol. The van der Waals surface area contributed by atoms with Gasteiger partial charge in [-0.25, -0.2) is 16.1 Å². The number of carbonyl (C=O) groups is 2. The smallest absolute Gasteiger partial charge is 0.349 e. The quantitative estimate of drug-likeness (QED) is 0.190. The number of hydrazine groups is 1. The summed E-state index contributed by atoms with van der Waals surface area (Å²) in [7, 11) is 1.40. The van der Waals surface area contributed by atoms with Crippen molar-refractivity contribution < 1.29 is 24.5 Å². The predicted octanol–water partition coefficient (Wildman–Crippen LogP) is 0.508. The molecule has 0 aromatic heterocycles. The Labute approximate surface area is 160 Å². The third kappa shape index (κ3) is 3.46. The Morgan fingerprint density at radius 2 is 2.07 bits per heavy atom. The van der Waals surface area contributed by atoms with E-state index in [0.29, 0.717) is 16.8 Å². The van der Waals surface area contributed by atoms with Gasteiger partial charge in [-0.15, -0.1) is 0 Å². The molecule has 3 rings (SSSR count). The van der Waals surface area contributed by atoms with Gasteiger partial charge in [-0.1, -0.05) is 18.2 Å². The van der Waals surface area contributed by atoms with E-state index in [1.165, 1.54) is 19.2 Å². The molecular formula is C18H19N5O5. The van der Waals surface area contributed by atoms with Crippen LogP contribution in [0.25, 0.3) is 0 Å². The maximum atomic E-state index is 12.5. The number of anilines is 1. The number of hydrazone groups is 1. The van der Waals surface area contributed by atoms with Crippen LogP contribution in [0.15, 0.2) is 47.6 Å². The molecule has 0 radical (unpaired) electrons. The van der Waals surface area contributed by atoms with Crippen molar-refractivity contribution in [3.05, 3.63) is 53.6 Å². The number of ether oxygens (including phenoxy) is 1. The molecule has 7 N–H and O–H groups in total. The molecule has 28 heavy (non-hydrogen) atoms. The number of nitrogens with one attached hydrogen (secondary N) is 3. The standard InChI is InChI=1S/C18H19N5O5/c1-28-15-7-6-10(8-14(15)24)13(22-23-17(26)21-19)9-18(27)11-4-2-3-5-12(11)20-16(18)25/h2-8,24,27H,9,19H2,1H3,(H,20,25)(H2,21,23,26). The van der Waals surface area contributed by atoms with E-state index in [0.717, 1.165) is 0 Å². The summed E-state index contributed by atoms with van der Waals surface area (Å²) in [5, 5.41) is 27.7. The Hall–Kier alpha value is -3.63. The van der Waals surface area contributed by atoms with Gasteiger partial charge < -0.3 is 20.3 Å². The first-order valence-corrected chi connectivity index (χ1v) is 8.23. The number of aliphatic hydroxyl groups is 1. The summed E-state index contributed by atoms with van der Waals surface area (Å²) in [5.41, 5.74) is 3.48. The number of hydrogen-bond donors (Lipinski definition) is 6. The van der Waals surface area contributed by atoms with Gasteiger partial charge in [0.2, 0.25) is 0 Å². The second kappa shape index (κ2) is 7.55. The molecule has 0 aliphatic carbocycles. The Morgan fingerprint density at radius 3 is 2.75 bits per heavy atom. The molecule has 0 saturated heterocycles. The average molecular weight is 385 g/mol. The summed E-state index contributed by atoms with van der Waals surface area (Å²) in [6, 6.07) is 10.3. The fourth-order valence-corrected chi connectivity index (χ4v) is 2.94. The lowest BCUT2D eigenvalue weighted by atomic mass is 9.87. The Morgan fingerprint density at radius 1 is 1.32 bits per heavy atom. The van der Waals surface area contributed by atoms with Crippen LogP contribution in [0.1, 0.15) is 17.5 Å². The van der Waals surface area contributed by atoms with Crippen LogP contribution in [0.2, 0.25) is 0 Å². The SMILES string of the molecule is COc1ccc(C(CC2(O)C(=O)Nc3ccccc32)=NNC(=O)NN)cc1O. The van der Waals surface area contributed by atoms with Gasteiger partial charge in [0, 0.05) is 23.2 Å². The molecule has 1 unspecified atom stereocenters. The number of methoxy groups -OCH3 is 1. The molecule has 1 heterocycles. The molecule has 3 amide bonds. The minimum atomic E-state index is -1.91. The van der Waals surface area contributed by atoms with Gasteiger partial charge in [0.25, 0.3) is 5.91 Å². The van der Waals surface area contributed by atoms with E-state index in [9.17, 15) is 19.8 Å². The first-order chi connectivity index (χ1) is 13.4. The van der Waals surface area contributed by atoms with Crippen LogP contribution in [0.3, 0.4) is 0 Å². The molecule has 2 aromatic carbocycles. The van der Waals surface area contributed by atoms with Crippen molar-refractivity contribution in [2.45, 2.75) is 12.0 Å². The van der Waals surface area contributed by atoms with Crippen LogP contribution in [0.4, 0.5) is 10.5 Å². The van der Waals surface area contributed by atoms with Crippen molar-refractivity contribution >= 4 is 23.3 Å². The zero-order valence-corrected chi connectivity index (χ0v) is 14.9. The first-order valence-electron chi connectivity index (χ1n) is 8.23. The maximum Gasteiger partial charge on any atom is 0.349 e. The van der Waals surface area contributed by atoms with Gasteiger partial charge in [-0.2, -0.15) is 5.10 Å². The summed E-state index contributed by atoms with van der Waals surface area (Å²) in [5.74, 6) is 4.48. The number of rotatable bonds is 5. The number of carbonyl (C=O) groups excluding carboxylic acids is 2. The topological polar surface area (TPSA) is 158 Å². The summed E-state index contributed by atoms with van der Waals surface area (Å²) in [6.07, 6.45) is -0.271. The van der Waals surface area contributed by atoms with E-state index in [1.807, 2.05) is 5.43 Å². The number of benzene rings is 2. The number of fused-ring (bicyclic) bond motifs is 1. The zero-order chi connectivity index (χ0) is 20.3. The van der Waals surface area contributed by atoms with Crippen molar-refractivity contribution in [3.63, 3.8) is 0 Å². The van der Waals surface area contributed by atoms with E-state index in [2.05, 4.69) is 15.8 Å². The van der Waals surface area contributed by atoms with Crippen LogP contribution in [0.5, 0.6) is 11.5 Å². The third-order valence-electron chi connectivity index (χ3n) is 4.36. The molecule has 1 atom stereocenters. The Kier molecular flexibility index (Phi) is 5.16. The fraction of sp³-hybridized carbons (Fsp3) is 0.167. The minimum absolute atomic E-state index is 0.135. The van der Waals surface area contributed by atoms with Gasteiger partial charge in [0.15, 0.2) is 17.1 Å². The van der Waals surface area contributed by atoms with Crippen molar-refractivity contribution in [1.29, 1.82) is 0 Å². The second-order valence-electron chi connectivity index (χ2n) is 6.07. The van der Waals surface area contributed by atoms with E-state index in [-0.39, 0.29) is 23.6 Å². The molecule has 0 spiro atoms. The van der Waals surface area contributed by atoms with Gasteiger partial charge in [0.05, 0.1) is 12.8 Å². The molecule has 2 aromatic rings. The molecule has 1 aliphatic rings. The van der Waals surface area contributed by atoms with E-state index in [4.69, 9.17) is 10.6 Å². The minimum Gasteiger partial charge on any atom is -0.504 e. The van der Waals surface area contributed by atoms with Crippen molar-refractivity contribution in [1.82, 2.24) is 10.9 Å². The highest BCUT2D eigenvalue weighted by molar-refractivity contribution is 6.11. The van der Waals surface area contributed by atoms with Crippen LogP contribution in [0, 0.1) is 0 Å². The van der Waals surface area contributed by atoms with Crippen molar-refractivity contribution in [2.24, 2.45) is 10.9 Å². The monoisotopic (exact) mass is 385 g/mol. The lowest BCUT2D eigenvalue weighted by Gasteiger charge is -2.22. The molecule has 146 valence electrons. The summed E-state index contributed by atoms with van der Waals surface area (Å²) in [4.78, 5) is 23.9. The lowest BCUT2D eigenvalue weighted by molar-refractivity contribution is -0.132. The summed E-state index contributed by atoms with van der Waals surface area (Å²) < 4.78 is 5.01. The number of urea groups is 1. The van der Waals surface area contributed by atoms with E-state index in [1.54, 1.807) is 30.3 Å². The van der Waals surface area contributed by atoms with E-state index < -0.39 is 17.5 Å². The number of hydrogen-bond acceptors (Lipinski definition) is 7. The highest BCUT2D eigenvalue weighted by Gasteiger charge is 2.46. The number of phenols is 1. The molecule has 10 heteroatoms. The van der Waals surface area contributed by atoms with Crippen LogP contribution in [-0.2, 0) is 10.4 Å². The Bertz CT molecular complexity index is 961. The Balaban J connectivity index is 2.02. The normalized spacial score (nSPS) is 18.2. The maximum absolute atomic E-state index is 12.5. The van der Waals surface area contributed by atoms with Crippen LogP contribution < -0.4 is 26.7 Å². The largest absolute Gasteiger partial charge is 0.504 e. The van der Waals surface area contributed by atoms with Gasteiger partial charge in [-0.05, 0) is 24.3 Å². The summed E-state index contributed by atoms with van der Waals surface area (Å²) >= 11 is 0. The van der Waals surface area contributed by atoms with Gasteiger partial charge in [0.1, 0.15) is 0 Å². The molecule has 1 aliphatic heterocycles. The summed E-state index contributed by atoms with van der Waals surface area (Å²) in [6.45, 7) is 0. The fourth-order valence-electron chi connectivity index (χ4n) is 2.94. The molecular weight excluding hydrogens is 366 g/mol. The first kappa shape index (κ1) is 19.1. The number of nitrogens with two attached hydrogens (primary N) is 1. The van der Waals surface area contributed by atoms with E-state index >= 15 is 0 Å². The van der Waals surface area contributed by atoms with Gasteiger partial charge >= 0.3 is 6.03 Å². The molecule has 0 saturated carbocycles. The second-order valence-corrected chi connectivity index (χ2v) is 6.07. The number of phenolic OH excluding ortho intramolecular Hbond substituents is 1. The van der Waals surface area contributed by atoms with Crippen molar-refractivity contribution in [2.75, 3.05) is 12.4 Å². The highest BCUT2D eigenvalue weighted by atomic mass is 16.5. The van der Waals surface area contributed by atoms with Crippen LogP contribution >= 0.6 is 0 Å². The third-order valence-corrected chi connectivity index (χ3v) is 4.36. The van der Waals surface area contributed by atoms with Crippen LogP contribution in [-0.4, -0.2) is 35.0 Å². The number of amides is 3.